The number of para-hydroxylation sites is 1. The second kappa shape index (κ2) is 6.83. The predicted octanol–water partition coefficient (Wildman–Crippen LogP) is 3.71. The van der Waals surface area contributed by atoms with Crippen molar-refractivity contribution in [2.24, 2.45) is 17.8 Å². The van der Waals surface area contributed by atoms with Crippen molar-refractivity contribution in [2.75, 3.05) is 31.1 Å². The van der Waals surface area contributed by atoms with Crippen molar-refractivity contribution in [2.45, 2.75) is 39.5 Å². The van der Waals surface area contributed by atoms with E-state index in [2.05, 4.69) is 48.3 Å². The Bertz CT molecular complexity index is 451. The third kappa shape index (κ3) is 3.60. The second-order valence-corrected chi connectivity index (χ2v) is 7.26. The van der Waals surface area contributed by atoms with Crippen molar-refractivity contribution >= 4 is 5.69 Å². The minimum atomic E-state index is 0.784. The quantitative estimate of drug-likeness (QED) is 0.907. The third-order valence-electron chi connectivity index (χ3n) is 5.43. The number of benzene rings is 1. The van der Waals surface area contributed by atoms with E-state index in [9.17, 15) is 0 Å². The van der Waals surface area contributed by atoms with E-state index in [0.29, 0.717) is 0 Å². The maximum Gasteiger partial charge on any atom is 0.0398 e. The first-order chi connectivity index (χ1) is 10.2. The highest BCUT2D eigenvalue weighted by Gasteiger charge is 2.24. The fourth-order valence-corrected chi connectivity index (χ4v) is 4.08. The van der Waals surface area contributed by atoms with Gasteiger partial charge in [-0.2, -0.15) is 0 Å². The number of fused-ring (bicyclic) bond motifs is 1. The maximum atomic E-state index is 3.56. The van der Waals surface area contributed by atoms with E-state index in [1.54, 1.807) is 5.56 Å². The Balaban J connectivity index is 1.59. The van der Waals surface area contributed by atoms with Crippen molar-refractivity contribution in [1.29, 1.82) is 0 Å². The lowest BCUT2D eigenvalue weighted by Gasteiger charge is -2.36. The number of hydrogen-bond donors (Lipinski definition) is 1. The number of anilines is 1. The minimum Gasteiger partial charge on any atom is -0.371 e. The highest BCUT2D eigenvalue weighted by atomic mass is 15.1. The topological polar surface area (TPSA) is 15.3 Å². The Morgan fingerprint density at radius 2 is 2.19 bits per heavy atom. The molecular weight excluding hydrogens is 256 g/mol. The van der Waals surface area contributed by atoms with E-state index in [4.69, 9.17) is 0 Å². The minimum absolute atomic E-state index is 0.784. The molecule has 2 aliphatic rings. The normalized spacial score (nSPS) is 27.2. The lowest BCUT2D eigenvalue weighted by molar-refractivity contribution is 0.268. The summed E-state index contributed by atoms with van der Waals surface area (Å²) in [6.07, 6.45) is 5.35. The predicted molar refractivity (Wildman–Crippen MR) is 90.9 cm³/mol. The fourth-order valence-electron chi connectivity index (χ4n) is 4.08. The van der Waals surface area contributed by atoms with Crippen LogP contribution in [0.2, 0.25) is 0 Å². The molecule has 2 aliphatic heterocycles. The molecule has 1 aromatic carbocycles. The van der Waals surface area contributed by atoms with Crippen LogP contribution < -0.4 is 10.2 Å². The summed E-state index contributed by atoms with van der Waals surface area (Å²) in [6.45, 7) is 9.74. The Hall–Kier alpha value is -1.02. The monoisotopic (exact) mass is 286 g/mol. The number of hydrogen-bond acceptors (Lipinski definition) is 2. The summed E-state index contributed by atoms with van der Waals surface area (Å²) in [5.41, 5.74) is 3.04. The van der Waals surface area contributed by atoms with E-state index >= 15 is 0 Å². The first kappa shape index (κ1) is 14.9. The fraction of sp³-hybridized carbons (Fsp3) is 0.684. The summed E-state index contributed by atoms with van der Waals surface area (Å²) in [7, 11) is 0. The molecule has 0 bridgehead atoms. The standard InChI is InChI=1S/C19H30N2/c1-15-12-17-6-3-4-8-19(17)21(14-15)11-9-16(2)18-7-5-10-20-13-18/h3-4,6,8,15-16,18,20H,5,7,9-14H2,1-2H3. The summed E-state index contributed by atoms with van der Waals surface area (Å²) in [6, 6.07) is 9.00. The van der Waals surface area contributed by atoms with E-state index in [1.165, 1.54) is 57.5 Å². The van der Waals surface area contributed by atoms with Crippen LogP contribution in [-0.4, -0.2) is 26.2 Å². The van der Waals surface area contributed by atoms with Gasteiger partial charge in [0.05, 0.1) is 0 Å². The van der Waals surface area contributed by atoms with Gasteiger partial charge in [-0.3, -0.25) is 0 Å². The van der Waals surface area contributed by atoms with Crippen LogP contribution in [-0.2, 0) is 6.42 Å². The van der Waals surface area contributed by atoms with Crippen LogP contribution in [0, 0.1) is 17.8 Å². The van der Waals surface area contributed by atoms with Crippen LogP contribution in [0.4, 0.5) is 5.69 Å². The number of nitrogens with one attached hydrogen (secondary N) is 1. The molecule has 21 heavy (non-hydrogen) atoms. The summed E-state index contributed by atoms with van der Waals surface area (Å²) in [5.74, 6) is 2.50. The SMILES string of the molecule is CC1Cc2ccccc2N(CCC(C)C2CCCNC2)C1. The number of piperidine rings is 1. The van der Waals surface area contributed by atoms with Gasteiger partial charge in [-0.1, -0.05) is 32.0 Å². The van der Waals surface area contributed by atoms with Crippen LogP contribution in [0.3, 0.4) is 0 Å². The van der Waals surface area contributed by atoms with Crippen LogP contribution >= 0.6 is 0 Å². The molecule has 1 N–H and O–H groups in total. The van der Waals surface area contributed by atoms with Crippen LogP contribution in [0.25, 0.3) is 0 Å². The Labute approximate surface area is 129 Å². The van der Waals surface area contributed by atoms with Crippen molar-refractivity contribution in [3.8, 4) is 0 Å². The van der Waals surface area contributed by atoms with Crippen molar-refractivity contribution in [1.82, 2.24) is 5.32 Å². The lowest BCUT2D eigenvalue weighted by atomic mass is 9.85. The molecule has 2 nitrogen and oxygen atoms in total. The largest absolute Gasteiger partial charge is 0.371 e. The zero-order valence-corrected chi connectivity index (χ0v) is 13.6. The zero-order chi connectivity index (χ0) is 14.7. The van der Waals surface area contributed by atoms with Crippen LogP contribution in [0.15, 0.2) is 24.3 Å². The highest BCUT2D eigenvalue weighted by molar-refractivity contribution is 5.55. The van der Waals surface area contributed by atoms with E-state index in [0.717, 1.165) is 17.8 Å². The van der Waals surface area contributed by atoms with Gasteiger partial charge in [0.1, 0.15) is 0 Å². The first-order valence-corrected chi connectivity index (χ1v) is 8.77. The summed E-state index contributed by atoms with van der Waals surface area (Å²) < 4.78 is 0. The van der Waals surface area contributed by atoms with Gasteiger partial charge in [0.25, 0.3) is 0 Å². The molecule has 3 unspecified atom stereocenters. The van der Waals surface area contributed by atoms with Gasteiger partial charge in [-0.05, 0) is 68.2 Å². The van der Waals surface area contributed by atoms with Crippen molar-refractivity contribution in [3.63, 3.8) is 0 Å². The third-order valence-corrected chi connectivity index (χ3v) is 5.43. The van der Waals surface area contributed by atoms with Gasteiger partial charge in [-0.15, -0.1) is 0 Å². The molecule has 1 saturated heterocycles. The Morgan fingerprint density at radius 3 is 3.00 bits per heavy atom. The summed E-state index contributed by atoms with van der Waals surface area (Å²) in [4.78, 5) is 2.64. The molecule has 0 aliphatic carbocycles. The van der Waals surface area contributed by atoms with E-state index in [-0.39, 0.29) is 0 Å². The number of nitrogens with zero attached hydrogens (tertiary/aromatic N) is 1. The van der Waals surface area contributed by atoms with Gasteiger partial charge in [-0.25, -0.2) is 0 Å². The van der Waals surface area contributed by atoms with Crippen molar-refractivity contribution < 1.29 is 0 Å². The van der Waals surface area contributed by atoms with Gasteiger partial charge in [0.15, 0.2) is 0 Å². The average Bonchev–Trinajstić information content (AvgIpc) is 2.53. The van der Waals surface area contributed by atoms with Gasteiger partial charge in [0, 0.05) is 18.8 Å². The van der Waals surface area contributed by atoms with E-state index in [1.807, 2.05) is 0 Å². The molecule has 3 rings (SSSR count). The molecule has 0 saturated carbocycles. The molecule has 0 radical (unpaired) electrons. The second-order valence-electron chi connectivity index (χ2n) is 7.26. The molecule has 2 heteroatoms. The molecule has 0 spiro atoms. The summed E-state index contributed by atoms with van der Waals surface area (Å²) in [5, 5.41) is 3.56. The molecule has 1 fully saturated rings. The van der Waals surface area contributed by atoms with Crippen molar-refractivity contribution in [3.05, 3.63) is 29.8 Å². The van der Waals surface area contributed by atoms with E-state index < -0.39 is 0 Å². The van der Waals surface area contributed by atoms with Crippen LogP contribution in [0.5, 0.6) is 0 Å². The number of rotatable bonds is 4. The van der Waals surface area contributed by atoms with Gasteiger partial charge in [0.2, 0.25) is 0 Å². The molecule has 0 amide bonds. The maximum absolute atomic E-state index is 3.56. The molecular formula is C19H30N2. The Morgan fingerprint density at radius 1 is 1.33 bits per heavy atom. The first-order valence-electron chi connectivity index (χ1n) is 8.77. The van der Waals surface area contributed by atoms with Gasteiger partial charge < -0.3 is 10.2 Å². The smallest absolute Gasteiger partial charge is 0.0398 e. The molecule has 3 atom stereocenters. The highest BCUT2D eigenvalue weighted by Crippen LogP contribution is 2.31. The molecule has 0 aromatic heterocycles. The van der Waals surface area contributed by atoms with Gasteiger partial charge >= 0.3 is 0 Å². The molecule has 1 aromatic rings. The summed E-state index contributed by atoms with van der Waals surface area (Å²) >= 11 is 0. The van der Waals surface area contributed by atoms with Crippen LogP contribution in [0.1, 0.15) is 38.7 Å². The molecule has 116 valence electrons. The average molecular weight is 286 g/mol. The lowest BCUT2D eigenvalue weighted by Crippen LogP contribution is -2.38. The molecule has 2 heterocycles. The zero-order valence-electron chi connectivity index (χ0n) is 13.6. The Kier molecular flexibility index (Phi) is 4.84.